The Hall–Kier alpha value is -3.35. The topological polar surface area (TPSA) is 77.7 Å². The molecule has 0 unspecified atom stereocenters. The SMILES string of the molecule is CCN1C(=O)COc2ccc(-c3noc(Cc4cccc(OC)c4)n3)cc21. The number of carbonyl (C=O) groups is 1. The molecule has 2 aromatic carbocycles. The smallest absolute Gasteiger partial charge is 0.265 e. The van der Waals surface area contributed by atoms with Gasteiger partial charge in [0.25, 0.3) is 5.91 Å². The molecule has 7 heteroatoms. The summed E-state index contributed by atoms with van der Waals surface area (Å²) in [7, 11) is 1.63. The van der Waals surface area contributed by atoms with Gasteiger partial charge in [0.15, 0.2) is 6.61 Å². The second-order valence-electron chi connectivity index (χ2n) is 6.15. The summed E-state index contributed by atoms with van der Waals surface area (Å²) in [6.45, 7) is 2.57. The summed E-state index contributed by atoms with van der Waals surface area (Å²) < 4.78 is 16.1. The third-order valence-corrected chi connectivity index (χ3v) is 4.43. The predicted octanol–water partition coefficient (Wildman–Crippen LogP) is 3.08. The first kappa shape index (κ1) is 17.1. The van der Waals surface area contributed by atoms with Crippen molar-refractivity contribution in [1.29, 1.82) is 0 Å². The van der Waals surface area contributed by atoms with Gasteiger partial charge in [0.1, 0.15) is 11.5 Å². The number of anilines is 1. The molecule has 0 spiro atoms. The molecule has 1 amide bonds. The highest BCUT2D eigenvalue weighted by atomic mass is 16.5. The molecule has 1 aliphatic rings. The van der Waals surface area contributed by atoms with Gasteiger partial charge in [0.2, 0.25) is 11.7 Å². The lowest BCUT2D eigenvalue weighted by Gasteiger charge is -2.28. The van der Waals surface area contributed by atoms with E-state index in [1.807, 2.05) is 49.4 Å². The second kappa shape index (κ2) is 7.11. The molecule has 27 heavy (non-hydrogen) atoms. The molecular formula is C20H19N3O4. The van der Waals surface area contributed by atoms with E-state index in [1.165, 1.54) is 0 Å². The fraction of sp³-hybridized carbons (Fsp3) is 0.250. The molecule has 0 radical (unpaired) electrons. The molecule has 0 bridgehead atoms. The van der Waals surface area contributed by atoms with Gasteiger partial charge in [-0.25, -0.2) is 0 Å². The number of methoxy groups -OCH3 is 1. The average molecular weight is 365 g/mol. The zero-order chi connectivity index (χ0) is 18.8. The summed E-state index contributed by atoms with van der Waals surface area (Å²) in [4.78, 5) is 18.2. The first-order valence-corrected chi connectivity index (χ1v) is 8.71. The molecule has 138 valence electrons. The Morgan fingerprint density at radius 2 is 2.11 bits per heavy atom. The molecular weight excluding hydrogens is 346 g/mol. The van der Waals surface area contributed by atoms with E-state index in [4.69, 9.17) is 14.0 Å². The third-order valence-electron chi connectivity index (χ3n) is 4.43. The van der Waals surface area contributed by atoms with Crippen molar-refractivity contribution in [3.8, 4) is 22.9 Å². The predicted molar refractivity (Wildman–Crippen MR) is 99.1 cm³/mol. The Morgan fingerprint density at radius 3 is 2.93 bits per heavy atom. The number of fused-ring (bicyclic) bond motifs is 1. The van der Waals surface area contributed by atoms with Gasteiger partial charge in [0, 0.05) is 12.1 Å². The number of ether oxygens (including phenoxy) is 2. The van der Waals surface area contributed by atoms with Gasteiger partial charge in [0.05, 0.1) is 19.2 Å². The van der Waals surface area contributed by atoms with Crippen molar-refractivity contribution in [2.75, 3.05) is 25.2 Å². The molecule has 0 aliphatic carbocycles. The van der Waals surface area contributed by atoms with Crippen LogP contribution in [0.4, 0.5) is 5.69 Å². The number of hydrogen-bond donors (Lipinski definition) is 0. The van der Waals surface area contributed by atoms with Gasteiger partial charge in [-0.1, -0.05) is 17.3 Å². The van der Waals surface area contributed by atoms with Crippen molar-refractivity contribution in [3.05, 3.63) is 53.9 Å². The zero-order valence-corrected chi connectivity index (χ0v) is 15.1. The number of rotatable bonds is 5. The van der Waals surface area contributed by atoms with Crippen LogP contribution in [0, 0.1) is 0 Å². The first-order valence-electron chi connectivity index (χ1n) is 8.71. The van der Waals surface area contributed by atoms with Crippen LogP contribution >= 0.6 is 0 Å². The Bertz CT molecular complexity index is 983. The Labute approximate surface area is 156 Å². The molecule has 3 aromatic rings. The van der Waals surface area contributed by atoms with E-state index in [-0.39, 0.29) is 12.5 Å². The van der Waals surface area contributed by atoms with E-state index < -0.39 is 0 Å². The van der Waals surface area contributed by atoms with Gasteiger partial charge in [-0.2, -0.15) is 4.98 Å². The van der Waals surface area contributed by atoms with E-state index in [1.54, 1.807) is 12.0 Å². The van der Waals surface area contributed by atoms with Crippen molar-refractivity contribution in [3.63, 3.8) is 0 Å². The van der Waals surface area contributed by atoms with Crippen LogP contribution in [0.1, 0.15) is 18.4 Å². The minimum atomic E-state index is -0.0611. The highest BCUT2D eigenvalue weighted by molar-refractivity contribution is 5.98. The highest BCUT2D eigenvalue weighted by Crippen LogP contribution is 2.35. The van der Waals surface area contributed by atoms with Crippen molar-refractivity contribution < 1.29 is 18.8 Å². The maximum absolute atomic E-state index is 12.0. The van der Waals surface area contributed by atoms with E-state index in [0.29, 0.717) is 30.4 Å². The second-order valence-corrected chi connectivity index (χ2v) is 6.15. The van der Waals surface area contributed by atoms with Gasteiger partial charge in [-0.15, -0.1) is 0 Å². The first-order chi connectivity index (χ1) is 13.2. The van der Waals surface area contributed by atoms with Crippen LogP contribution in [0.25, 0.3) is 11.4 Å². The lowest BCUT2D eigenvalue weighted by molar-refractivity contribution is -0.121. The molecule has 0 atom stereocenters. The standard InChI is InChI=1S/C20H19N3O4/c1-3-23-16-11-14(7-8-17(16)26-12-19(23)24)20-21-18(27-22-20)10-13-5-4-6-15(9-13)25-2/h4-9,11H,3,10,12H2,1-2H3. The van der Waals surface area contributed by atoms with Gasteiger partial charge in [-0.3, -0.25) is 4.79 Å². The number of hydrogen-bond acceptors (Lipinski definition) is 6. The summed E-state index contributed by atoms with van der Waals surface area (Å²) in [5.74, 6) is 2.39. The lowest BCUT2D eigenvalue weighted by Crippen LogP contribution is -2.38. The number of nitrogens with zero attached hydrogens (tertiary/aromatic N) is 3. The molecule has 0 saturated heterocycles. The van der Waals surface area contributed by atoms with E-state index >= 15 is 0 Å². The molecule has 0 fully saturated rings. The molecule has 1 aromatic heterocycles. The largest absolute Gasteiger partial charge is 0.497 e. The maximum atomic E-state index is 12.0. The van der Waals surface area contributed by atoms with Crippen LogP contribution in [0.3, 0.4) is 0 Å². The van der Waals surface area contributed by atoms with Gasteiger partial charge >= 0.3 is 0 Å². The Morgan fingerprint density at radius 1 is 1.22 bits per heavy atom. The van der Waals surface area contributed by atoms with E-state index in [9.17, 15) is 4.79 Å². The highest BCUT2D eigenvalue weighted by Gasteiger charge is 2.25. The quantitative estimate of drug-likeness (QED) is 0.691. The monoisotopic (exact) mass is 365 g/mol. The maximum Gasteiger partial charge on any atom is 0.265 e. The van der Waals surface area contributed by atoms with Gasteiger partial charge in [-0.05, 0) is 42.8 Å². The summed E-state index contributed by atoms with van der Waals surface area (Å²) >= 11 is 0. The van der Waals surface area contributed by atoms with Crippen molar-refractivity contribution in [1.82, 2.24) is 10.1 Å². The minimum Gasteiger partial charge on any atom is -0.497 e. The number of amides is 1. The molecule has 2 heterocycles. The summed E-state index contributed by atoms with van der Waals surface area (Å²) in [6.07, 6.45) is 0.512. The molecule has 1 aliphatic heterocycles. The van der Waals surface area contributed by atoms with Crippen molar-refractivity contribution >= 4 is 11.6 Å². The van der Waals surface area contributed by atoms with Gasteiger partial charge < -0.3 is 18.9 Å². The van der Waals surface area contributed by atoms with Crippen LogP contribution in [-0.2, 0) is 11.2 Å². The van der Waals surface area contributed by atoms with Crippen LogP contribution in [0.2, 0.25) is 0 Å². The summed E-state index contributed by atoms with van der Waals surface area (Å²) in [5.41, 5.74) is 2.52. The Kier molecular flexibility index (Phi) is 4.50. The summed E-state index contributed by atoms with van der Waals surface area (Å²) in [5, 5.41) is 4.08. The normalized spacial score (nSPS) is 13.3. The molecule has 0 N–H and O–H groups in total. The number of benzene rings is 2. The van der Waals surface area contributed by atoms with Crippen LogP contribution in [-0.4, -0.2) is 36.3 Å². The summed E-state index contributed by atoms with van der Waals surface area (Å²) in [6, 6.07) is 13.3. The minimum absolute atomic E-state index is 0.0611. The average Bonchev–Trinajstić information content (AvgIpc) is 3.16. The van der Waals surface area contributed by atoms with E-state index in [0.717, 1.165) is 22.6 Å². The Balaban J connectivity index is 1.60. The number of carbonyl (C=O) groups excluding carboxylic acids is 1. The lowest BCUT2D eigenvalue weighted by atomic mass is 10.1. The number of aromatic nitrogens is 2. The molecule has 0 saturated carbocycles. The van der Waals surface area contributed by atoms with Crippen LogP contribution in [0.5, 0.6) is 11.5 Å². The third kappa shape index (κ3) is 3.36. The fourth-order valence-electron chi connectivity index (χ4n) is 3.09. The van der Waals surface area contributed by atoms with Crippen LogP contribution in [0.15, 0.2) is 47.0 Å². The van der Waals surface area contributed by atoms with E-state index in [2.05, 4.69) is 10.1 Å². The fourth-order valence-corrected chi connectivity index (χ4v) is 3.09. The molecule has 4 rings (SSSR count). The molecule has 7 nitrogen and oxygen atoms in total. The van der Waals surface area contributed by atoms with Crippen LogP contribution < -0.4 is 14.4 Å². The number of likely N-dealkylation sites (N-methyl/N-ethyl adjacent to an activating group) is 1. The van der Waals surface area contributed by atoms with Crippen molar-refractivity contribution in [2.45, 2.75) is 13.3 Å². The zero-order valence-electron chi connectivity index (χ0n) is 15.1. The van der Waals surface area contributed by atoms with Crippen molar-refractivity contribution in [2.24, 2.45) is 0 Å².